The predicted octanol–water partition coefficient (Wildman–Crippen LogP) is 3.80. The van der Waals surface area contributed by atoms with Gasteiger partial charge in [0.15, 0.2) is 0 Å². The van der Waals surface area contributed by atoms with Crippen LogP contribution in [0.2, 0.25) is 0 Å². The van der Waals surface area contributed by atoms with Crippen molar-refractivity contribution in [1.29, 1.82) is 0 Å². The fourth-order valence-electron chi connectivity index (χ4n) is 3.76. The molecule has 1 heterocycles. The van der Waals surface area contributed by atoms with Crippen LogP contribution in [-0.4, -0.2) is 39.4 Å². The summed E-state index contributed by atoms with van der Waals surface area (Å²) < 4.78 is 10.1. The highest BCUT2D eigenvalue weighted by Gasteiger charge is 2.36. The van der Waals surface area contributed by atoms with Crippen molar-refractivity contribution in [2.24, 2.45) is 0 Å². The number of methoxy groups -OCH3 is 2. The van der Waals surface area contributed by atoms with Crippen molar-refractivity contribution in [3.63, 3.8) is 0 Å². The molecule has 0 amide bonds. The Hall–Kier alpha value is -3.28. The second kappa shape index (κ2) is 8.61. The number of benzene rings is 2. The quantitative estimate of drug-likeness (QED) is 0.717. The molecule has 158 valence electrons. The molecule has 0 atom stereocenters. The van der Waals surface area contributed by atoms with Gasteiger partial charge in [0.2, 0.25) is 0 Å². The van der Waals surface area contributed by atoms with Gasteiger partial charge < -0.3 is 19.3 Å². The second-order valence-electron chi connectivity index (χ2n) is 7.66. The van der Waals surface area contributed by atoms with Gasteiger partial charge in [-0.15, -0.1) is 0 Å². The van der Waals surface area contributed by atoms with E-state index in [1.54, 1.807) is 0 Å². The van der Waals surface area contributed by atoms with E-state index in [-0.39, 0.29) is 17.8 Å². The van der Waals surface area contributed by atoms with Crippen LogP contribution in [0.3, 0.4) is 0 Å². The molecule has 1 aliphatic rings. The van der Waals surface area contributed by atoms with Gasteiger partial charge >= 0.3 is 11.9 Å². The third-order valence-corrected chi connectivity index (χ3v) is 5.39. The summed E-state index contributed by atoms with van der Waals surface area (Å²) in [7, 11) is 2.64. The Morgan fingerprint density at radius 3 is 1.90 bits per heavy atom. The van der Waals surface area contributed by atoms with E-state index in [9.17, 15) is 9.59 Å². The normalized spacial score (nSPS) is 14.1. The van der Waals surface area contributed by atoms with Crippen molar-refractivity contribution in [2.75, 3.05) is 37.2 Å². The van der Waals surface area contributed by atoms with Gasteiger partial charge in [0.25, 0.3) is 0 Å². The van der Waals surface area contributed by atoms with Crippen molar-refractivity contribution in [2.45, 2.75) is 27.7 Å². The Balaban J connectivity index is 2.24. The van der Waals surface area contributed by atoms with E-state index in [1.165, 1.54) is 14.2 Å². The maximum atomic E-state index is 12.8. The third-order valence-electron chi connectivity index (χ3n) is 5.39. The van der Waals surface area contributed by atoms with Gasteiger partial charge in [0, 0.05) is 11.4 Å². The number of hydrogen-bond acceptors (Lipinski definition) is 6. The Labute approximate surface area is 177 Å². The van der Waals surface area contributed by atoms with Crippen LogP contribution in [0.15, 0.2) is 47.7 Å². The predicted molar refractivity (Wildman–Crippen MR) is 118 cm³/mol. The number of aryl methyl sites for hydroxylation is 4. The Morgan fingerprint density at radius 2 is 1.33 bits per heavy atom. The average Bonchev–Trinajstić information content (AvgIpc) is 2.75. The zero-order valence-electron chi connectivity index (χ0n) is 18.4. The van der Waals surface area contributed by atoms with E-state index in [0.717, 1.165) is 33.6 Å². The molecule has 0 unspecified atom stereocenters. The van der Waals surface area contributed by atoms with E-state index in [0.29, 0.717) is 6.67 Å². The molecule has 3 rings (SSSR count). The molecule has 0 bridgehead atoms. The van der Waals surface area contributed by atoms with Gasteiger partial charge in [0.05, 0.1) is 33.0 Å². The molecule has 30 heavy (non-hydrogen) atoms. The van der Waals surface area contributed by atoms with Crippen molar-refractivity contribution < 1.29 is 19.1 Å². The number of hydrogen-bond donors (Lipinski definition) is 0. The van der Waals surface area contributed by atoms with Gasteiger partial charge in [-0.1, -0.05) is 24.3 Å². The second-order valence-corrected chi connectivity index (χ2v) is 7.66. The first-order chi connectivity index (χ1) is 14.3. The standard InChI is InChI=1S/C24H28N2O4/c1-15-7-9-17(3)20(11-15)25-13-19(23(27)29-5)22(24(28)30-6)26(14-25)21-12-16(2)8-10-18(21)4/h7-12H,13-14H2,1-6H3. The van der Waals surface area contributed by atoms with E-state index in [4.69, 9.17) is 9.47 Å². The number of anilines is 2. The van der Waals surface area contributed by atoms with E-state index >= 15 is 0 Å². The molecular formula is C24H28N2O4. The zero-order chi connectivity index (χ0) is 22.0. The van der Waals surface area contributed by atoms with Crippen molar-refractivity contribution in [3.8, 4) is 0 Å². The van der Waals surface area contributed by atoms with Crippen LogP contribution in [0.25, 0.3) is 0 Å². The molecular weight excluding hydrogens is 380 g/mol. The molecule has 0 N–H and O–H groups in total. The fraction of sp³-hybridized carbons (Fsp3) is 0.333. The minimum Gasteiger partial charge on any atom is -0.466 e. The van der Waals surface area contributed by atoms with Crippen LogP contribution >= 0.6 is 0 Å². The zero-order valence-corrected chi connectivity index (χ0v) is 18.4. The first kappa shape index (κ1) is 21.4. The Bertz CT molecular complexity index is 1030. The summed E-state index contributed by atoms with van der Waals surface area (Å²) in [5.41, 5.74) is 6.63. The lowest BCUT2D eigenvalue weighted by Gasteiger charge is -2.40. The van der Waals surface area contributed by atoms with Gasteiger partial charge in [-0.05, 0) is 62.1 Å². The van der Waals surface area contributed by atoms with Gasteiger partial charge in [-0.3, -0.25) is 0 Å². The first-order valence-corrected chi connectivity index (χ1v) is 9.83. The van der Waals surface area contributed by atoms with Crippen LogP contribution in [-0.2, 0) is 19.1 Å². The van der Waals surface area contributed by atoms with Crippen LogP contribution in [0.4, 0.5) is 11.4 Å². The number of esters is 2. The summed E-state index contributed by atoms with van der Waals surface area (Å²) >= 11 is 0. The van der Waals surface area contributed by atoms with E-state index < -0.39 is 11.9 Å². The topological polar surface area (TPSA) is 59.1 Å². The number of ether oxygens (including phenoxy) is 2. The summed E-state index contributed by atoms with van der Waals surface area (Å²) in [5.74, 6) is -1.10. The largest absolute Gasteiger partial charge is 0.466 e. The molecule has 2 aromatic rings. The van der Waals surface area contributed by atoms with Gasteiger partial charge in [-0.25, -0.2) is 9.59 Å². The van der Waals surface area contributed by atoms with Crippen LogP contribution < -0.4 is 9.80 Å². The van der Waals surface area contributed by atoms with Crippen molar-refractivity contribution >= 4 is 23.3 Å². The van der Waals surface area contributed by atoms with Gasteiger partial charge in [-0.2, -0.15) is 0 Å². The maximum Gasteiger partial charge on any atom is 0.355 e. The van der Waals surface area contributed by atoms with Gasteiger partial charge in [0.1, 0.15) is 5.70 Å². The maximum absolute atomic E-state index is 12.8. The van der Waals surface area contributed by atoms with E-state index in [2.05, 4.69) is 23.1 Å². The highest BCUT2D eigenvalue weighted by atomic mass is 16.5. The lowest BCUT2D eigenvalue weighted by atomic mass is 10.0. The minimum atomic E-state index is -0.558. The number of carbonyl (C=O) groups excluding carboxylic acids is 2. The molecule has 0 radical (unpaired) electrons. The molecule has 6 nitrogen and oxygen atoms in total. The summed E-state index contributed by atoms with van der Waals surface area (Å²) in [6.07, 6.45) is 0. The van der Waals surface area contributed by atoms with Crippen LogP contribution in [0.1, 0.15) is 22.3 Å². The number of rotatable bonds is 4. The average molecular weight is 408 g/mol. The highest BCUT2D eigenvalue weighted by Crippen LogP contribution is 2.34. The number of carbonyl (C=O) groups is 2. The molecule has 2 aromatic carbocycles. The fourth-order valence-corrected chi connectivity index (χ4v) is 3.76. The SMILES string of the molecule is COC(=O)C1=C(C(=O)OC)N(c2cc(C)ccc2C)CN(c2cc(C)ccc2C)C1. The molecule has 0 saturated carbocycles. The summed E-state index contributed by atoms with van der Waals surface area (Å²) in [6.45, 7) is 8.71. The van der Waals surface area contributed by atoms with Crippen LogP contribution in [0, 0.1) is 27.7 Å². The molecule has 0 fully saturated rings. The molecule has 0 saturated heterocycles. The third kappa shape index (κ3) is 4.03. The summed E-state index contributed by atoms with van der Waals surface area (Å²) in [6, 6.07) is 12.3. The number of nitrogens with zero attached hydrogens (tertiary/aromatic N) is 2. The van der Waals surface area contributed by atoms with Crippen LogP contribution in [0.5, 0.6) is 0 Å². The molecule has 0 spiro atoms. The van der Waals surface area contributed by atoms with Crippen molar-refractivity contribution in [3.05, 3.63) is 69.9 Å². The minimum absolute atomic E-state index is 0.222. The lowest BCUT2D eigenvalue weighted by molar-refractivity contribution is -0.139. The molecule has 0 aromatic heterocycles. The monoisotopic (exact) mass is 408 g/mol. The first-order valence-electron chi connectivity index (χ1n) is 9.83. The van der Waals surface area contributed by atoms with Crippen molar-refractivity contribution in [1.82, 2.24) is 0 Å². The Kier molecular flexibility index (Phi) is 6.15. The summed E-state index contributed by atoms with van der Waals surface area (Å²) in [4.78, 5) is 29.4. The highest BCUT2D eigenvalue weighted by molar-refractivity contribution is 6.04. The molecule has 1 aliphatic heterocycles. The lowest BCUT2D eigenvalue weighted by Crippen LogP contribution is -2.48. The van der Waals surface area contributed by atoms with E-state index in [1.807, 2.05) is 50.8 Å². The summed E-state index contributed by atoms with van der Waals surface area (Å²) in [5, 5.41) is 0. The Morgan fingerprint density at radius 1 is 0.800 bits per heavy atom. The molecule has 0 aliphatic carbocycles. The molecule has 6 heteroatoms. The smallest absolute Gasteiger partial charge is 0.355 e.